The minimum Gasteiger partial charge on any atom is -0.391 e. The molecule has 0 saturated heterocycles. The quantitative estimate of drug-likeness (QED) is 0.152. The minimum atomic E-state index is -1.74. The second-order valence-corrected chi connectivity index (χ2v) is 8.85. The summed E-state index contributed by atoms with van der Waals surface area (Å²) in [5.41, 5.74) is 6.54. The van der Waals surface area contributed by atoms with Crippen molar-refractivity contribution in [2.45, 2.75) is 19.4 Å². The standard InChI is InChI=1S/C17H15ClF3IN2O3.C7H7NO/c1-2-9(25)7-27-24-17(26)10-6-12(19)14(20)15(21)16(10)23-13-4-3-8(22)5-11(13)18;8-7(9)6-4-2-1-3-5-6/h3-6,9,23,25H,2,7H2,1H3,(H,24,26);1-5H,(H2,8,9). The van der Waals surface area contributed by atoms with Gasteiger partial charge in [0, 0.05) is 9.13 Å². The fraction of sp³-hybridized carbons (Fsp3) is 0.167. The maximum Gasteiger partial charge on any atom is 0.277 e. The van der Waals surface area contributed by atoms with Gasteiger partial charge in [-0.05, 0) is 65.4 Å². The van der Waals surface area contributed by atoms with Gasteiger partial charge >= 0.3 is 0 Å². The normalized spacial score (nSPS) is 11.2. The van der Waals surface area contributed by atoms with E-state index < -0.39 is 40.7 Å². The summed E-state index contributed by atoms with van der Waals surface area (Å²) >= 11 is 8.07. The van der Waals surface area contributed by atoms with E-state index in [1.165, 1.54) is 6.07 Å². The number of halogens is 5. The van der Waals surface area contributed by atoms with Gasteiger partial charge in [0.1, 0.15) is 6.61 Å². The van der Waals surface area contributed by atoms with E-state index >= 15 is 0 Å². The van der Waals surface area contributed by atoms with Crippen molar-refractivity contribution in [1.82, 2.24) is 5.48 Å². The van der Waals surface area contributed by atoms with Crippen molar-refractivity contribution < 1.29 is 32.7 Å². The Hall–Kier alpha value is -2.87. The second kappa shape index (κ2) is 14.0. The lowest BCUT2D eigenvalue weighted by molar-refractivity contribution is -0.0133. The number of amides is 2. The number of hydrogen-bond acceptors (Lipinski definition) is 5. The predicted molar refractivity (Wildman–Crippen MR) is 138 cm³/mol. The zero-order chi connectivity index (χ0) is 26.8. The number of nitrogens with two attached hydrogens (primary N) is 1. The molecule has 3 aromatic rings. The van der Waals surface area contributed by atoms with E-state index in [-0.39, 0.29) is 23.2 Å². The molecular weight excluding hydrogens is 614 g/mol. The van der Waals surface area contributed by atoms with Gasteiger partial charge in [0.2, 0.25) is 5.91 Å². The van der Waals surface area contributed by atoms with Crippen molar-refractivity contribution in [1.29, 1.82) is 0 Å². The Balaban J connectivity index is 0.000000425. The monoisotopic (exact) mass is 635 g/mol. The SMILES string of the molecule is CCC(O)CONC(=O)c1cc(F)c(F)c(F)c1Nc1ccc(I)cc1Cl.NC(=O)c1ccccc1. The summed E-state index contributed by atoms with van der Waals surface area (Å²) in [6.45, 7) is 1.48. The number of carbonyl (C=O) groups excluding carboxylic acids is 2. The number of aliphatic hydroxyl groups excluding tert-OH is 1. The van der Waals surface area contributed by atoms with Crippen LogP contribution < -0.4 is 16.5 Å². The van der Waals surface area contributed by atoms with Crippen LogP contribution >= 0.6 is 34.2 Å². The molecule has 3 rings (SSSR count). The van der Waals surface area contributed by atoms with Crippen molar-refractivity contribution in [3.8, 4) is 0 Å². The molecule has 0 heterocycles. The van der Waals surface area contributed by atoms with Gasteiger partial charge in [-0.3, -0.25) is 14.4 Å². The maximum atomic E-state index is 14.3. The average Bonchev–Trinajstić information content (AvgIpc) is 2.86. The summed E-state index contributed by atoms with van der Waals surface area (Å²) in [6, 6.07) is 14.0. The number of nitrogens with one attached hydrogen (secondary N) is 2. The summed E-state index contributed by atoms with van der Waals surface area (Å²) in [5.74, 6) is -6.26. The molecule has 1 atom stereocenters. The molecule has 0 aliphatic rings. The van der Waals surface area contributed by atoms with Gasteiger partial charge in [-0.25, -0.2) is 18.7 Å². The van der Waals surface area contributed by atoms with Crippen molar-refractivity contribution in [3.63, 3.8) is 0 Å². The largest absolute Gasteiger partial charge is 0.391 e. The molecule has 7 nitrogen and oxygen atoms in total. The van der Waals surface area contributed by atoms with Crippen molar-refractivity contribution >= 4 is 57.4 Å². The van der Waals surface area contributed by atoms with Crippen LogP contribution in [0, 0.1) is 21.0 Å². The van der Waals surface area contributed by atoms with Crippen LogP contribution in [0.5, 0.6) is 0 Å². The molecule has 1 unspecified atom stereocenters. The van der Waals surface area contributed by atoms with Crippen LogP contribution in [0.1, 0.15) is 34.1 Å². The topological polar surface area (TPSA) is 114 Å². The van der Waals surface area contributed by atoms with E-state index in [4.69, 9.17) is 22.2 Å². The molecule has 0 aromatic heterocycles. The van der Waals surface area contributed by atoms with E-state index in [0.717, 1.165) is 3.57 Å². The third-order valence-electron chi connectivity index (χ3n) is 4.57. The van der Waals surface area contributed by atoms with Crippen molar-refractivity contribution in [2.75, 3.05) is 11.9 Å². The molecule has 0 aliphatic heterocycles. The smallest absolute Gasteiger partial charge is 0.277 e. The molecule has 36 heavy (non-hydrogen) atoms. The zero-order valence-corrected chi connectivity index (χ0v) is 21.7. The first-order valence-corrected chi connectivity index (χ1v) is 11.8. The maximum absolute atomic E-state index is 14.3. The summed E-state index contributed by atoms with van der Waals surface area (Å²) in [5, 5.41) is 12.1. The highest BCUT2D eigenvalue weighted by atomic mass is 127. The lowest BCUT2D eigenvalue weighted by Gasteiger charge is -2.16. The molecule has 12 heteroatoms. The Kier molecular flexibility index (Phi) is 11.4. The van der Waals surface area contributed by atoms with Gasteiger partial charge in [0.05, 0.1) is 28.1 Å². The van der Waals surface area contributed by atoms with Crippen molar-refractivity contribution in [3.05, 3.63) is 91.8 Å². The fourth-order valence-corrected chi connectivity index (χ4v) is 3.50. The molecule has 0 spiro atoms. The average molecular weight is 636 g/mol. The highest BCUT2D eigenvalue weighted by molar-refractivity contribution is 14.1. The highest BCUT2D eigenvalue weighted by Gasteiger charge is 2.24. The Morgan fingerprint density at radius 2 is 1.78 bits per heavy atom. The summed E-state index contributed by atoms with van der Waals surface area (Å²) < 4.78 is 42.4. The number of hydroxylamine groups is 1. The first kappa shape index (κ1) is 29.4. The van der Waals surface area contributed by atoms with E-state index in [0.29, 0.717) is 18.1 Å². The molecule has 0 aliphatic carbocycles. The number of anilines is 2. The number of hydrogen-bond donors (Lipinski definition) is 4. The van der Waals surface area contributed by atoms with Crippen LogP contribution in [-0.2, 0) is 4.84 Å². The van der Waals surface area contributed by atoms with Crippen LogP contribution in [0.15, 0.2) is 54.6 Å². The van der Waals surface area contributed by atoms with E-state index in [9.17, 15) is 27.9 Å². The minimum absolute atomic E-state index is 0.193. The van der Waals surface area contributed by atoms with Crippen LogP contribution in [0.4, 0.5) is 24.5 Å². The van der Waals surface area contributed by atoms with Crippen LogP contribution in [0.3, 0.4) is 0 Å². The number of carbonyl (C=O) groups is 2. The molecule has 0 fully saturated rings. The number of rotatable bonds is 8. The molecule has 192 valence electrons. The van der Waals surface area contributed by atoms with E-state index in [1.807, 2.05) is 34.1 Å². The van der Waals surface area contributed by atoms with Crippen LogP contribution in [0.2, 0.25) is 5.02 Å². The van der Waals surface area contributed by atoms with Gasteiger partial charge in [-0.15, -0.1) is 0 Å². The van der Waals surface area contributed by atoms with Crippen LogP contribution in [-0.4, -0.2) is 29.6 Å². The van der Waals surface area contributed by atoms with Gasteiger partial charge in [-0.1, -0.05) is 36.7 Å². The third-order valence-corrected chi connectivity index (χ3v) is 5.55. The Morgan fingerprint density at radius 1 is 1.11 bits per heavy atom. The van der Waals surface area contributed by atoms with E-state index in [2.05, 4.69) is 5.32 Å². The van der Waals surface area contributed by atoms with Crippen molar-refractivity contribution in [2.24, 2.45) is 5.73 Å². The number of benzene rings is 3. The Bertz CT molecular complexity index is 1220. The molecule has 5 N–H and O–H groups in total. The molecule has 2 amide bonds. The summed E-state index contributed by atoms with van der Waals surface area (Å²) in [4.78, 5) is 27.5. The predicted octanol–water partition coefficient (Wildman–Crippen LogP) is 5.32. The third kappa shape index (κ3) is 8.36. The fourth-order valence-electron chi connectivity index (χ4n) is 2.60. The second-order valence-electron chi connectivity index (χ2n) is 7.19. The van der Waals surface area contributed by atoms with Gasteiger partial charge in [0.25, 0.3) is 5.91 Å². The van der Waals surface area contributed by atoms with Gasteiger partial charge < -0.3 is 16.2 Å². The molecule has 0 radical (unpaired) electrons. The van der Waals surface area contributed by atoms with Gasteiger partial charge in [-0.2, -0.15) is 0 Å². The molecular formula is C24H22ClF3IN3O4. The highest BCUT2D eigenvalue weighted by Crippen LogP contribution is 2.32. The molecule has 3 aromatic carbocycles. The number of aliphatic hydroxyl groups is 1. The Labute approximate surface area is 223 Å². The Morgan fingerprint density at radius 3 is 2.33 bits per heavy atom. The molecule has 0 saturated carbocycles. The number of primary amides is 1. The first-order valence-electron chi connectivity index (χ1n) is 10.4. The summed E-state index contributed by atoms with van der Waals surface area (Å²) in [7, 11) is 0. The molecule has 0 bridgehead atoms. The first-order chi connectivity index (χ1) is 17.0. The van der Waals surface area contributed by atoms with Gasteiger partial charge in [0.15, 0.2) is 17.5 Å². The lowest BCUT2D eigenvalue weighted by Crippen LogP contribution is -2.29. The zero-order valence-electron chi connectivity index (χ0n) is 18.8. The summed E-state index contributed by atoms with van der Waals surface area (Å²) in [6.07, 6.45) is -0.441. The van der Waals surface area contributed by atoms with Crippen LogP contribution in [0.25, 0.3) is 0 Å². The van der Waals surface area contributed by atoms with E-state index in [1.54, 1.807) is 43.3 Å². The lowest BCUT2D eigenvalue weighted by atomic mass is 10.1.